The van der Waals surface area contributed by atoms with Crippen LogP contribution in [0.5, 0.6) is 0 Å². The lowest BCUT2D eigenvalue weighted by atomic mass is 10.1. The number of nitrogens with zero attached hydrogens (tertiary/aromatic N) is 3. The van der Waals surface area contributed by atoms with Crippen LogP contribution in [0, 0.1) is 32.8 Å². The second-order valence-electron chi connectivity index (χ2n) is 4.22. The van der Waals surface area contributed by atoms with E-state index in [1.54, 1.807) is 6.07 Å². The van der Waals surface area contributed by atoms with Gasteiger partial charge in [-0.05, 0) is 12.1 Å². The molecule has 0 fully saturated rings. The van der Waals surface area contributed by atoms with E-state index in [4.69, 9.17) is 40.1 Å². The number of nitrogens with one attached hydrogen (secondary N) is 1. The fraction of sp³-hybridized carbons (Fsp3) is 0. The molecule has 0 saturated carbocycles. The number of non-ortho nitro benzene ring substituents is 1. The molecule has 2 aromatic rings. The predicted molar refractivity (Wildman–Crippen MR) is 87.3 cm³/mol. The summed E-state index contributed by atoms with van der Waals surface area (Å²) in [5.41, 5.74) is 0.334. The summed E-state index contributed by atoms with van der Waals surface area (Å²) in [7, 11) is 0. The first kappa shape index (κ1) is 16.9. The number of hydrogen-bond acceptors (Lipinski definition) is 5. The Hall–Kier alpha value is -2.51. The van der Waals surface area contributed by atoms with Gasteiger partial charge in [0.2, 0.25) is 0 Å². The second-order valence-corrected chi connectivity index (χ2v) is 5.35. The zero-order chi connectivity index (χ0) is 17.1. The van der Waals surface area contributed by atoms with Crippen LogP contribution in [0.3, 0.4) is 0 Å². The molecule has 114 valence electrons. The summed E-state index contributed by atoms with van der Waals surface area (Å²) in [4.78, 5) is 10.1. The van der Waals surface area contributed by atoms with Crippen LogP contribution < -0.4 is 5.32 Å². The molecule has 6 nitrogen and oxygen atoms in total. The predicted octanol–water partition coefficient (Wildman–Crippen LogP) is 5.04. The van der Waals surface area contributed by atoms with E-state index in [0.717, 1.165) is 0 Å². The molecule has 0 unspecified atom stereocenters. The zero-order valence-electron chi connectivity index (χ0n) is 11.1. The number of anilines is 2. The van der Waals surface area contributed by atoms with Crippen molar-refractivity contribution in [2.75, 3.05) is 5.32 Å². The van der Waals surface area contributed by atoms with Gasteiger partial charge in [0, 0.05) is 17.8 Å². The largest absolute Gasteiger partial charge is 0.353 e. The first-order valence-corrected chi connectivity index (χ1v) is 7.06. The normalized spacial score (nSPS) is 9.78. The lowest BCUT2D eigenvalue weighted by Crippen LogP contribution is -1.99. The van der Waals surface area contributed by atoms with Crippen molar-refractivity contribution in [1.82, 2.24) is 0 Å². The van der Waals surface area contributed by atoms with Crippen molar-refractivity contribution in [3.8, 4) is 12.1 Å². The maximum Gasteiger partial charge on any atom is 0.269 e. The quantitative estimate of drug-likeness (QED) is 0.465. The smallest absolute Gasteiger partial charge is 0.269 e. The number of rotatable bonds is 3. The molecular formula is C14H5Cl3N4O2. The molecule has 1 N–H and O–H groups in total. The number of halogens is 3. The first-order chi connectivity index (χ1) is 10.9. The van der Waals surface area contributed by atoms with Gasteiger partial charge in [-0.15, -0.1) is 0 Å². The number of nitriles is 2. The highest BCUT2D eigenvalue weighted by Crippen LogP contribution is 2.42. The Kier molecular flexibility index (Phi) is 4.92. The molecule has 0 aromatic heterocycles. The summed E-state index contributed by atoms with van der Waals surface area (Å²) in [6.07, 6.45) is 0. The van der Waals surface area contributed by atoms with Crippen LogP contribution in [-0.2, 0) is 0 Å². The monoisotopic (exact) mass is 366 g/mol. The summed E-state index contributed by atoms with van der Waals surface area (Å²) in [6, 6.07) is 9.10. The Morgan fingerprint density at radius 1 is 0.957 bits per heavy atom. The van der Waals surface area contributed by atoms with Crippen LogP contribution in [0.15, 0.2) is 24.3 Å². The van der Waals surface area contributed by atoms with Crippen molar-refractivity contribution >= 4 is 51.9 Å². The lowest BCUT2D eigenvalue weighted by molar-refractivity contribution is -0.384. The molecule has 0 bridgehead atoms. The second kappa shape index (κ2) is 6.72. The Morgan fingerprint density at radius 2 is 1.52 bits per heavy atom. The highest BCUT2D eigenvalue weighted by atomic mass is 35.5. The van der Waals surface area contributed by atoms with Crippen molar-refractivity contribution < 1.29 is 4.92 Å². The Balaban J connectivity index is 2.54. The molecule has 0 aliphatic carbocycles. The van der Waals surface area contributed by atoms with E-state index in [2.05, 4.69) is 5.32 Å². The Labute approximate surface area is 145 Å². The van der Waals surface area contributed by atoms with Crippen LogP contribution in [-0.4, -0.2) is 4.92 Å². The number of nitro benzene ring substituents is 1. The minimum absolute atomic E-state index is 0.0393. The van der Waals surface area contributed by atoms with E-state index >= 15 is 0 Å². The van der Waals surface area contributed by atoms with Gasteiger partial charge in [0.05, 0.1) is 36.8 Å². The SMILES string of the molecule is N#Cc1c(Cl)c(Cl)c(Nc2ccc([N+](=O)[O-])cc2)c(C#N)c1Cl. The fourth-order valence-electron chi connectivity index (χ4n) is 1.79. The van der Waals surface area contributed by atoms with Gasteiger partial charge in [0.15, 0.2) is 0 Å². The molecule has 0 atom stereocenters. The van der Waals surface area contributed by atoms with Crippen LogP contribution in [0.4, 0.5) is 17.1 Å². The molecule has 23 heavy (non-hydrogen) atoms. The highest BCUT2D eigenvalue weighted by molar-refractivity contribution is 6.46. The van der Waals surface area contributed by atoms with Gasteiger partial charge in [0.25, 0.3) is 5.69 Å². The minimum Gasteiger partial charge on any atom is -0.353 e. The van der Waals surface area contributed by atoms with Crippen LogP contribution in [0.25, 0.3) is 0 Å². The molecule has 0 heterocycles. The van der Waals surface area contributed by atoms with Crippen molar-refractivity contribution in [2.24, 2.45) is 0 Å². The van der Waals surface area contributed by atoms with Gasteiger partial charge in [-0.25, -0.2) is 0 Å². The van der Waals surface area contributed by atoms with Gasteiger partial charge in [0.1, 0.15) is 12.1 Å². The van der Waals surface area contributed by atoms with E-state index in [1.807, 2.05) is 6.07 Å². The van der Waals surface area contributed by atoms with Gasteiger partial charge in [-0.1, -0.05) is 34.8 Å². The van der Waals surface area contributed by atoms with Crippen molar-refractivity contribution in [1.29, 1.82) is 10.5 Å². The number of hydrogen-bond donors (Lipinski definition) is 1. The van der Waals surface area contributed by atoms with Gasteiger partial charge < -0.3 is 5.32 Å². The minimum atomic E-state index is -0.535. The summed E-state index contributed by atoms with van der Waals surface area (Å²) >= 11 is 18.1. The zero-order valence-corrected chi connectivity index (χ0v) is 13.4. The van der Waals surface area contributed by atoms with Crippen molar-refractivity contribution in [3.63, 3.8) is 0 Å². The molecule has 0 radical (unpaired) electrons. The van der Waals surface area contributed by atoms with Crippen LogP contribution >= 0.6 is 34.8 Å². The van der Waals surface area contributed by atoms with E-state index < -0.39 is 4.92 Å². The molecule has 0 spiro atoms. The molecule has 2 rings (SSSR count). The maximum absolute atomic E-state index is 10.6. The molecule has 9 heteroatoms. The summed E-state index contributed by atoms with van der Waals surface area (Å²) in [6.45, 7) is 0. The molecule has 2 aromatic carbocycles. The number of benzene rings is 2. The standard InChI is InChI=1S/C14H5Cl3N4O2/c15-11-9(5-18)12(16)13(17)14(10(11)6-19)20-7-1-3-8(4-2-7)21(22)23/h1-4,20H. The van der Waals surface area contributed by atoms with Gasteiger partial charge in [-0.2, -0.15) is 10.5 Å². The maximum atomic E-state index is 10.6. The fourth-order valence-corrected chi connectivity index (χ4v) is 2.58. The molecular weight excluding hydrogens is 363 g/mol. The van der Waals surface area contributed by atoms with Gasteiger partial charge >= 0.3 is 0 Å². The first-order valence-electron chi connectivity index (χ1n) is 5.92. The molecule has 0 amide bonds. The molecule has 0 aliphatic heterocycles. The van der Waals surface area contributed by atoms with Crippen molar-refractivity contribution in [3.05, 3.63) is 60.6 Å². The average molecular weight is 368 g/mol. The van der Waals surface area contributed by atoms with E-state index in [9.17, 15) is 15.4 Å². The van der Waals surface area contributed by atoms with Crippen LogP contribution in [0.1, 0.15) is 11.1 Å². The Bertz CT molecular complexity index is 883. The van der Waals surface area contributed by atoms with E-state index in [0.29, 0.717) is 5.69 Å². The van der Waals surface area contributed by atoms with Crippen LogP contribution in [0.2, 0.25) is 15.1 Å². The Morgan fingerprint density at radius 3 is 2.00 bits per heavy atom. The summed E-state index contributed by atoms with van der Waals surface area (Å²) < 4.78 is 0. The topological polar surface area (TPSA) is 103 Å². The third-order valence-corrected chi connectivity index (χ3v) is 4.12. The third-order valence-electron chi connectivity index (χ3n) is 2.89. The highest BCUT2D eigenvalue weighted by Gasteiger charge is 2.21. The molecule has 0 aliphatic rings. The third kappa shape index (κ3) is 3.15. The van der Waals surface area contributed by atoms with E-state index in [1.165, 1.54) is 24.3 Å². The van der Waals surface area contributed by atoms with Gasteiger partial charge in [-0.3, -0.25) is 10.1 Å². The summed E-state index contributed by atoms with van der Waals surface area (Å²) in [5.74, 6) is 0. The summed E-state index contributed by atoms with van der Waals surface area (Å²) in [5, 5.41) is 31.5. The average Bonchev–Trinajstić information content (AvgIpc) is 2.54. The van der Waals surface area contributed by atoms with E-state index in [-0.39, 0.29) is 37.6 Å². The van der Waals surface area contributed by atoms with Crippen molar-refractivity contribution in [2.45, 2.75) is 0 Å². The molecule has 0 saturated heterocycles. The lowest BCUT2D eigenvalue weighted by Gasteiger charge is -2.14. The number of nitro groups is 1.